The Morgan fingerprint density at radius 3 is 2.79 bits per heavy atom. The Kier molecular flexibility index (Phi) is 8.53. The summed E-state index contributed by atoms with van der Waals surface area (Å²) in [5, 5.41) is 7.01. The predicted molar refractivity (Wildman–Crippen MR) is 112 cm³/mol. The molecule has 0 atom stereocenters. The Morgan fingerprint density at radius 2 is 2.11 bits per heavy atom. The molecule has 9 heteroatoms. The van der Waals surface area contributed by atoms with Gasteiger partial charge in [0.2, 0.25) is 5.13 Å². The molecule has 28 heavy (non-hydrogen) atoms. The summed E-state index contributed by atoms with van der Waals surface area (Å²) in [6, 6.07) is 3.50. The fourth-order valence-corrected chi connectivity index (χ4v) is 3.08. The zero-order valence-corrected chi connectivity index (χ0v) is 17.9. The normalized spacial score (nSPS) is 11.1. The van der Waals surface area contributed by atoms with Crippen LogP contribution in [0.5, 0.6) is 11.5 Å². The van der Waals surface area contributed by atoms with Crippen molar-refractivity contribution in [3.8, 4) is 11.5 Å². The van der Waals surface area contributed by atoms with Gasteiger partial charge in [0.15, 0.2) is 11.5 Å². The number of hydrogen-bond acceptors (Lipinski definition) is 8. The number of carbonyl (C=O) groups excluding carboxylic acids is 1. The van der Waals surface area contributed by atoms with E-state index in [1.54, 1.807) is 30.7 Å². The number of halogens is 1. The van der Waals surface area contributed by atoms with Gasteiger partial charge in [0.05, 0.1) is 42.7 Å². The molecule has 1 aromatic heterocycles. The fraction of sp³-hybridized carbons (Fsp3) is 0.421. The summed E-state index contributed by atoms with van der Waals surface area (Å²) < 4.78 is 16.3. The van der Waals surface area contributed by atoms with E-state index in [4.69, 9.17) is 25.8 Å². The summed E-state index contributed by atoms with van der Waals surface area (Å²) in [5.74, 6) is 0.894. The van der Waals surface area contributed by atoms with E-state index in [0.29, 0.717) is 46.1 Å². The summed E-state index contributed by atoms with van der Waals surface area (Å²) in [6.45, 7) is 8.40. The van der Waals surface area contributed by atoms with Crippen LogP contribution in [0.15, 0.2) is 22.6 Å². The Morgan fingerprint density at radius 1 is 1.32 bits per heavy atom. The number of ether oxygens (including phenoxy) is 3. The molecule has 1 N–H and O–H groups in total. The van der Waals surface area contributed by atoms with Crippen LogP contribution in [0.1, 0.15) is 39.0 Å². The zero-order chi connectivity index (χ0) is 20.5. The molecule has 0 saturated carbocycles. The second kappa shape index (κ2) is 10.9. The van der Waals surface area contributed by atoms with E-state index in [-0.39, 0.29) is 18.5 Å². The van der Waals surface area contributed by atoms with Crippen LogP contribution in [0.3, 0.4) is 0 Å². The predicted octanol–water partition coefficient (Wildman–Crippen LogP) is 4.53. The summed E-state index contributed by atoms with van der Waals surface area (Å²) in [6.07, 6.45) is 1.72. The molecular weight excluding hydrogens is 402 g/mol. The molecule has 0 fully saturated rings. The largest absolute Gasteiger partial charge is 0.490 e. The van der Waals surface area contributed by atoms with Gasteiger partial charge in [-0.1, -0.05) is 11.6 Å². The molecule has 7 nitrogen and oxygen atoms in total. The molecule has 0 spiro atoms. The number of nitrogens with one attached hydrogen (secondary N) is 1. The highest BCUT2D eigenvalue weighted by Crippen LogP contribution is 2.33. The van der Waals surface area contributed by atoms with Gasteiger partial charge in [0.25, 0.3) is 0 Å². The second-order valence-corrected chi connectivity index (χ2v) is 7.18. The van der Waals surface area contributed by atoms with Crippen LogP contribution >= 0.6 is 22.9 Å². The third-order valence-corrected chi connectivity index (χ3v) is 4.39. The van der Waals surface area contributed by atoms with Crippen LogP contribution in [0.4, 0.5) is 5.13 Å². The molecule has 1 aromatic carbocycles. The molecule has 2 rings (SSSR count). The van der Waals surface area contributed by atoms with Gasteiger partial charge < -0.3 is 14.2 Å². The van der Waals surface area contributed by atoms with Crippen LogP contribution in [-0.2, 0) is 16.0 Å². The standard InChI is InChI=1S/C19H24ClN3O4S/c1-5-25-16-7-13(15(20)9-17(16)27-12(3)4)10-21-23-19-22-14(11-28-19)8-18(24)26-6-2/h7,9-12H,5-6,8H2,1-4H3,(H,22,23). The van der Waals surface area contributed by atoms with Crippen LogP contribution < -0.4 is 14.9 Å². The molecule has 1 heterocycles. The Balaban J connectivity index is 2.06. The number of thiazole rings is 1. The first-order chi connectivity index (χ1) is 13.4. The van der Waals surface area contributed by atoms with E-state index in [2.05, 4.69) is 15.5 Å². The van der Waals surface area contributed by atoms with Gasteiger partial charge in [-0.3, -0.25) is 10.2 Å². The first-order valence-corrected chi connectivity index (χ1v) is 10.2. The first kappa shape index (κ1) is 22.0. The van der Waals surface area contributed by atoms with E-state index in [1.165, 1.54) is 11.3 Å². The summed E-state index contributed by atoms with van der Waals surface area (Å²) in [4.78, 5) is 15.8. The van der Waals surface area contributed by atoms with Gasteiger partial charge in [-0.05, 0) is 33.8 Å². The molecule has 0 bridgehead atoms. The van der Waals surface area contributed by atoms with E-state index < -0.39 is 0 Å². The van der Waals surface area contributed by atoms with Crippen LogP contribution in [0.25, 0.3) is 0 Å². The van der Waals surface area contributed by atoms with Gasteiger partial charge >= 0.3 is 5.97 Å². The number of rotatable bonds is 10. The Labute approximate surface area is 173 Å². The maximum Gasteiger partial charge on any atom is 0.311 e. The number of carbonyl (C=O) groups is 1. The summed E-state index contributed by atoms with van der Waals surface area (Å²) in [5.41, 5.74) is 4.15. The number of nitrogens with zero attached hydrogens (tertiary/aromatic N) is 2. The molecule has 0 aliphatic rings. The first-order valence-electron chi connectivity index (χ1n) is 8.95. The Bertz CT molecular complexity index is 824. The van der Waals surface area contributed by atoms with Crippen molar-refractivity contribution in [1.29, 1.82) is 0 Å². The van der Waals surface area contributed by atoms with E-state index in [0.717, 1.165) is 0 Å². The molecule has 2 aromatic rings. The van der Waals surface area contributed by atoms with Crippen molar-refractivity contribution in [2.24, 2.45) is 5.10 Å². The van der Waals surface area contributed by atoms with Crippen molar-refractivity contribution in [1.82, 2.24) is 4.98 Å². The van der Waals surface area contributed by atoms with Gasteiger partial charge in [-0.15, -0.1) is 11.3 Å². The highest BCUT2D eigenvalue weighted by molar-refractivity contribution is 7.13. The lowest BCUT2D eigenvalue weighted by atomic mass is 10.2. The minimum Gasteiger partial charge on any atom is -0.490 e. The van der Waals surface area contributed by atoms with Gasteiger partial charge in [0.1, 0.15) is 0 Å². The molecule has 0 aliphatic carbocycles. The number of hydrazone groups is 1. The maximum absolute atomic E-state index is 11.5. The third kappa shape index (κ3) is 6.69. The summed E-state index contributed by atoms with van der Waals surface area (Å²) in [7, 11) is 0. The zero-order valence-electron chi connectivity index (χ0n) is 16.3. The molecule has 0 unspecified atom stereocenters. The highest BCUT2D eigenvalue weighted by Gasteiger charge is 2.12. The molecule has 152 valence electrons. The number of aromatic nitrogens is 1. The lowest BCUT2D eigenvalue weighted by Gasteiger charge is -2.15. The van der Waals surface area contributed by atoms with Crippen molar-refractivity contribution in [3.05, 3.63) is 33.8 Å². The quantitative estimate of drug-likeness (QED) is 0.342. The number of anilines is 1. The number of esters is 1. The number of benzene rings is 1. The van der Waals surface area contributed by atoms with E-state index in [1.807, 2.05) is 20.8 Å². The lowest BCUT2D eigenvalue weighted by Crippen LogP contribution is -2.08. The third-order valence-electron chi connectivity index (χ3n) is 3.27. The summed E-state index contributed by atoms with van der Waals surface area (Å²) >= 11 is 7.69. The van der Waals surface area contributed by atoms with Gasteiger partial charge in [0, 0.05) is 17.0 Å². The van der Waals surface area contributed by atoms with Gasteiger partial charge in [-0.2, -0.15) is 5.10 Å². The topological polar surface area (TPSA) is 82.0 Å². The van der Waals surface area contributed by atoms with Crippen molar-refractivity contribution < 1.29 is 19.0 Å². The molecule has 0 amide bonds. The van der Waals surface area contributed by atoms with Crippen molar-refractivity contribution in [2.45, 2.75) is 40.2 Å². The number of hydrogen-bond donors (Lipinski definition) is 1. The minimum atomic E-state index is -0.304. The maximum atomic E-state index is 11.5. The smallest absolute Gasteiger partial charge is 0.311 e. The molecule has 0 saturated heterocycles. The monoisotopic (exact) mass is 425 g/mol. The average molecular weight is 426 g/mol. The van der Waals surface area contributed by atoms with E-state index in [9.17, 15) is 4.79 Å². The van der Waals surface area contributed by atoms with Crippen molar-refractivity contribution in [2.75, 3.05) is 18.6 Å². The Hall–Kier alpha value is -2.32. The van der Waals surface area contributed by atoms with Crippen molar-refractivity contribution >= 4 is 40.3 Å². The average Bonchev–Trinajstić information content (AvgIpc) is 3.05. The van der Waals surface area contributed by atoms with Crippen LogP contribution in [0, 0.1) is 0 Å². The molecule has 0 aliphatic heterocycles. The second-order valence-electron chi connectivity index (χ2n) is 5.92. The SMILES string of the molecule is CCOC(=O)Cc1csc(NN=Cc2cc(OCC)c(OC(C)C)cc2Cl)n1. The fourth-order valence-electron chi connectivity index (χ4n) is 2.22. The van der Waals surface area contributed by atoms with Crippen molar-refractivity contribution in [3.63, 3.8) is 0 Å². The van der Waals surface area contributed by atoms with Crippen LogP contribution in [-0.4, -0.2) is 36.5 Å². The van der Waals surface area contributed by atoms with Crippen LogP contribution in [0.2, 0.25) is 5.02 Å². The lowest BCUT2D eigenvalue weighted by molar-refractivity contribution is -0.142. The molecular formula is C19H24ClN3O4S. The molecule has 0 radical (unpaired) electrons. The van der Waals surface area contributed by atoms with Gasteiger partial charge in [-0.25, -0.2) is 4.98 Å². The van der Waals surface area contributed by atoms with E-state index >= 15 is 0 Å². The minimum absolute atomic E-state index is 0.00478. The highest BCUT2D eigenvalue weighted by atomic mass is 35.5.